The highest BCUT2D eigenvalue weighted by Crippen LogP contribution is 2.12. The van der Waals surface area contributed by atoms with Gasteiger partial charge in [0.05, 0.1) is 18.2 Å². The highest BCUT2D eigenvalue weighted by Gasteiger charge is 2.07. The van der Waals surface area contributed by atoms with Crippen LogP contribution < -0.4 is 10.1 Å². The Balaban J connectivity index is 2.33. The molecule has 2 atom stereocenters. The highest BCUT2D eigenvalue weighted by molar-refractivity contribution is 5.36. The van der Waals surface area contributed by atoms with Crippen molar-refractivity contribution in [1.82, 2.24) is 5.32 Å². The quantitative estimate of drug-likeness (QED) is 0.646. The molecule has 2 unspecified atom stereocenters. The Kier molecular flexibility index (Phi) is 6.15. The first-order valence-electron chi connectivity index (χ1n) is 5.81. The van der Waals surface area contributed by atoms with E-state index >= 15 is 0 Å². The standard InChI is InChI=1S/C13H18N2O3/c1-10(8-16)15-7-12(17)9-18-13-4-2-3-11(5-13)6-14/h2-5,10,12,15-17H,7-9H2,1H3. The Morgan fingerprint density at radius 3 is 2.94 bits per heavy atom. The van der Waals surface area contributed by atoms with Crippen LogP contribution in [0.3, 0.4) is 0 Å². The summed E-state index contributed by atoms with van der Waals surface area (Å²) in [6.45, 7) is 2.33. The second-order valence-corrected chi connectivity index (χ2v) is 4.10. The molecule has 0 aliphatic carbocycles. The third kappa shape index (κ3) is 5.15. The van der Waals surface area contributed by atoms with Crippen LogP contribution in [-0.2, 0) is 0 Å². The summed E-state index contributed by atoms with van der Waals surface area (Å²) >= 11 is 0. The summed E-state index contributed by atoms with van der Waals surface area (Å²) in [6, 6.07) is 8.74. The first kappa shape index (κ1) is 14.5. The van der Waals surface area contributed by atoms with Crippen molar-refractivity contribution >= 4 is 0 Å². The summed E-state index contributed by atoms with van der Waals surface area (Å²) in [5, 5.41) is 30.1. The molecule has 0 radical (unpaired) electrons. The van der Waals surface area contributed by atoms with E-state index in [4.69, 9.17) is 15.1 Å². The van der Waals surface area contributed by atoms with Crippen molar-refractivity contribution in [2.24, 2.45) is 0 Å². The molecule has 1 aromatic carbocycles. The molecule has 0 aromatic heterocycles. The van der Waals surface area contributed by atoms with Crippen molar-refractivity contribution in [2.75, 3.05) is 19.8 Å². The molecule has 1 rings (SSSR count). The second-order valence-electron chi connectivity index (χ2n) is 4.10. The minimum absolute atomic E-state index is 0.0256. The van der Waals surface area contributed by atoms with E-state index in [1.165, 1.54) is 0 Å². The minimum atomic E-state index is -0.662. The molecule has 0 saturated heterocycles. The van der Waals surface area contributed by atoms with Gasteiger partial charge in [-0.25, -0.2) is 0 Å². The molecule has 18 heavy (non-hydrogen) atoms. The van der Waals surface area contributed by atoms with Crippen LogP contribution in [-0.4, -0.2) is 42.1 Å². The smallest absolute Gasteiger partial charge is 0.120 e. The van der Waals surface area contributed by atoms with Crippen LogP contribution in [0.25, 0.3) is 0 Å². The lowest BCUT2D eigenvalue weighted by atomic mass is 10.2. The van der Waals surface area contributed by atoms with Gasteiger partial charge >= 0.3 is 0 Å². The molecule has 0 bridgehead atoms. The summed E-state index contributed by atoms with van der Waals surface area (Å²) in [4.78, 5) is 0. The lowest BCUT2D eigenvalue weighted by Crippen LogP contribution is -2.38. The maximum atomic E-state index is 9.65. The summed E-state index contributed by atoms with van der Waals surface area (Å²) in [5.41, 5.74) is 0.522. The molecule has 0 fully saturated rings. The number of rotatable bonds is 7. The largest absolute Gasteiger partial charge is 0.491 e. The van der Waals surface area contributed by atoms with E-state index in [2.05, 4.69) is 5.32 Å². The van der Waals surface area contributed by atoms with E-state index < -0.39 is 6.10 Å². The fourth-order valence-electron chi connectivity index (χ4n) is 1.31. The van der Waals surface area contributed by atoms with Crippen molar-refractivity contribution in [3.63, 3.8) is 0 Å². The number of nitrogens with one attached hydrogen (secondary N) is 1. The van der Waals surface area contributed by atoms with Gasteiger partial charge in [0.1, 0.15) is 18.5 Å². The van der Waals surface area contributed by atoms with Crippen molar-refractivity contribution in [2.45, 2.75) is 19.1 Å². The average molecular weight is 250 g/mol. The topological polar surface area (TPSA) is 85.5 Å². The van der Waals surface area contributed by atoms with E-state index in [-0.39, 0.29) is 19.3 Å². The van der Waals surface area contributed by atoms with Crippen LogP contribution in [0.15, 0.2) is 24.3 Å². The van der Waals surface area contributed by atoms with Crippen molar-refractivity contribution in [3.05, 3.63) is 29.8 Å². The first-order valence-corrected chi connectivity index (χ1v) is 5.81. The van der Waals surface area contributed by atoms with E-state index in [1.54, 1.807) is 24.3 Å². The number of ether oxygens (including phenoxy) is 1. The Bertz CT molecular complexity index is 403. The molecule has 1 aromatic rings. The molecule has 0 amide bonds. The number of benzene rings is 1. The van der Waals surface area contributed by atoms with E-state index in [1.807, 2.05) is 13.0 Å². The van der Waals surface area contributed by atoms with Gasteiger partial charge in [-0.05, 0) is 25.1 Å². The molecule has 3 N–H and O–H groups in total. The van der Waals surface area contributed by atoms with Crippen molar-refractivity contribution < 1.29 is 14.9 Å². The Morgan fingerprint density at radius 2 is 2.28 bits per heavy atom. The molecular formula is C13H18N2O3. The average Bonchev–Trinajstić information content (AvgIpc) is 2.42. The van der Waals surface area contributed by atoms with Crippen molar-refractivity contribution in [1.29, 1.82) is 5.26 Å². The monoisotopic (exact) mass is 250 g/mol. The lowest BCUT2D eigenvalue weighted by Gasteiger charge is -2.16. The zero-order valence-electron chi connectivity index (χ0n) is 10.3. The first-order chi connectivity index (χ1) is 8.65. The van der Waals surface area contributed by atoms with Gasteiger partial charge in [0.2, 0.25) is 0 Å². The van der Waals surface area contributed by atoms with Crippen molar-refractivity contribution in [3.8, 4) is 11.8 Å². The third-order valence-electron chi connectivity index (χ3n) is 2.38. The zero-order chi connectivity index (χ0) is 13.4. The van der Waals surface area contributed by atoms with Gasteiger partial charge in [-0.3, -0.25) is 0 Å². The van der Waals surface area contributed by atoms with Gasteiger partial charge in [0.15, 0.2) is 0 Å². The van der Waals surface area contributed by atoms with Crippen LogP contribution in [0.1, 0.15) is 12.5 Å². The van der Waals surface area contributed by atoms with Crippen LogP contribution in [0.4, 0.5) is 0 Å². The van der Waals surface area contributed by atoms with Crippen LogP contribution >= 0.6 is 0 Å². The van der Waals surface area contributed by atoms with Crippen LogP contribution in [0.5, 0.6) is 5.75 Å². The number of aliphatic hydroxyl groups is 2. The van der Waals surface area contributed by atoms with Gasteiger partial charge in [0.25, 0.3) is 0 Å². The normalized spacial score (nSPS) is 13.7. The number of hydrogen-bond donors (Lipinski definition) is 3. The van der Waals surface area contributed by atoms with E-state index in [0.717, 1.165) is 0 Å². The van der Waals surface area contributed by atoms with Gasteiger partial charge in [-0.1, -0.05) is 6.07 Å². The summed E-state index contributed by atoms with van der Waals surface area (Å²) in [6.07, 6.45) is -0.662. The highest BCUT2D eigenvalue weighted by atomic mass is 16.5. The Labute approximate surface area is 107 Å². The SMILES string of the molecule is CC(CO)NCC(O)COc1cccc(C#N)c1. The number of hydrogen-bond acceptors (Lipinski definition) is 5. The molecule has 0 spiro atoms. The Hall–Kier alpha value is -1.61. The molecule has 0 aliphatic heterocycles. The zero-order valence-corrected chi connectivity index (χ0v) is 10.3. The van der Waals surface area contributed by atoms with E-state index in [0.29, 0.717) is 17.9 Å². The summed E-state index contributed by atoms with van der Waals surface area (Å²) in [7, 11) is 0. The molecule has 5 nitrogen and oxygen atoms in total. The molecule has 0 heterocycles. The Morgan fingerprint density at radius 1 is 1.50 bits per heavy atom. The summed E-state index contributed by atoms with van der Waals surface area (Å²) < 4.78 is 5.37. The molecule has 0 aliphatic rings. The predicted molar refractivity (Wildman–Crippen MR) is 67.2 cm³/mol. The van der Waals surface area contributed by atoms with Gasteiger partial charge in [-0.2, -0.15) is 5.26 Å². The molecule has 0 saturated carbocycles. The number of nitriles is 1. The second kappa shape index (κ2) is 7.67. The molecule has 5 heteroatoms. The number of aliphatic hydroxyl groups excluding tert-OH is 2. The van der Waals surface area contributed by atoms with E-state index in [9.17, 15) is 5.11 Å². The van der Waals surface area contributed by atoms with Crippen LogP contribution in [0, 0.1) is 11.3 Å². The third-order valence-corrected chi connectivity index (χ3v) is 2.38. The lowest BCUT2D eigenvalue weighted by molar-refractivity contribution is 0.101. The molecule has 98 valence electrons. The maximum absolute atomic E-state index is 9.65. The minimum Gasteiger partial charge on any atom is -0.491 e. The maximum Gasteiger partial charge on any atom is 0.120 e. The fraction of sp³-hybridized carbons (Fsp3) is 0.462. The number of nitrogens with zero attached hydrogens (tertiary/aromatic N) is 1. The summed E-state index contributed by atoms with van der Waals surface area (Å²) in [5.74, 6) is 0.559. The predicted octanol–water partition coefficient (Wildman–Crippen LogP) is 0.268. The van der Waals surface area contributed by atoms with Crippen LogP contribution in [0.2, 0.25) is 0 Å². The fourth-order valence-corrected chi connectivity index (χ4v) is 1.31. The van der Waals surface area contributed by atoms with Gasteiger partial charge < -0.3 is 20.3 Å². The van der Waals surface area contributed by atoms with Gasteiger partial charge in [0, 0.05) is 12.6 Å². The van der Waals surface area contributed by atoms with Gasteiger partial charge in [-0.15, -0.1) is 0 Å². The molecular weight excluding hydrogens is 232 g/mol.